The van der Waals surface area contributed by atoms with Crippen LogP contribution in [-0.4, -0.2) is 64.9 Å². The molecular formula is C19H37NO6SSi. The van der Waals surface area contributed by atoms with Gasteiger partial charge in [0.25, 0.3) is 10.1 Å². The number of carbonyl (C=O) groups is 1. The molecule has 2 fully saturated rings. The molecule has 2 aliphatic rings. The Morgan fingerprint density at radius 2 is 1.71 bits per heavy atom. The van der Waals surface area contributed by atoms with Crippen molar-refractivity contribution >= 4 is 24.5 Å². The van der Waals surface area contributed by atoms with Crippen molar-refractivity contribution < 1.29 is 26.6 Å². The largest absolute Gasteiger partial charge is 0.444 e. The Bertz CT molecular complexity index is 709. The van der Waals surface area contributed by atoms with E-state index in [1.54, 1.807) is 4.90 Å². The van der Waals surface area contributed by atoms with Gasteiger partial charge in [0.15, 0.2) is 8.32 Å². The maximum atomic E-state index is 12.9. The van der Waals surface area contributed by atoms with Gasteiger partial charge in [-0.3, -0.25) is 9.08 Å². The third-order valence-electron chi connectivity index (χ3n) is 6.13. The summed E-state index contributed by atoms with van der Waals surface area (Å²) < 4.78 is 40.0. The summed E-state index contributed by atoms with van der Waals surface area (Å²) in [5, 5.41) is 0.0718. The lowest BCUT2D eigenvalue weighted by Gasteiger charge is -2.38. The van der Waals surface area contributed by atoms with Gasteiger partial charge in [-0.2, -0.15) is 8.42 Å². The second kappa shape index (κ2) is 7.25. The van der Waals surface area contributed by atoms with Crippen LogP contribution >= 0.6 is 0 Å². The molecule has 9 heteroatoms. The molecule has 0 spiro atoms. The second-order valence-electron chi connectivity index (χ2n) is 10.9. The molecule has 3 unspecified atom stereocenters. The third kappa shape index (κ3) is 5.49. The van der Waals surface area contributed by atoms with Gasteiger partial charge in [0.05, 0.1) is 25.5 Å². The van der Waals surface area contributed by atoms with Crippen LogP contribution in [-0.2, 0) is 23.5 Å². The Morgan fingerprint density at radius 3 is 2.18 bits per heavy atom. The summed E-state index contributed by atoms with van der Waals surface area (Å²) >= 11 is 0. The van der Waals surface area contributed by atoms with Crippen molar-refractivity contribution in [2.45, 2.75) is 90.2 Å². The van der Waals surface area contributed by atoms with Crippen LogP contribution in [0.3, 0.4) is 0 Å². The molecule has 7 nitrogen and oxygen atoms in total. The zero-order chi connectivity index (χ0) is 21.8. The first-order valence-corrected chi connectivity index (χ1v) is 14.6. The molecule has 1 aliphatic carbocycles. The molecule has 0 aromatic rings. The minimum Gasteiger partial charge on any atom is -0.444 e. The smallest absolute Gasteiger partial charge is 0.410 e. The van der Waals surface area contributed by atoms with E-state index in [1.807, 2.05) is 20.8 Å². The van der Waals surface area contributed by atoms with E-state index in [1.165, 1.54) is 0 Å². The molecule has 1 aliphatic heterocycles. The van der Waals surface area contributed by atoms with Gasteiger partial charge in [-0.15, -0.1) is 0 Å². The van der Waals surface area contributed by atoms with Gasteiger partial charge in [0, 0.05) is 11.5 Å². The van der Waals surface area contributed by atoms with E-state index in [4.69, 9.17) is 13.3 Å². The molecule has 0 bridgehead atoms. The summed E-state index contributed by atoms with van der Waals surface area (Å²) in [5.74, 6) is 0. The summed E-state index contributed by atoms with van der Waals surface area (Å²) in [4.78, 5) is 14.6. The molecule has 1 saturated carbocycles. The maximum absolute atomic E-state index is 12.9. The zero-order valence-electron chi connectivity index (χ0n) is 18.8. The highest BCUT2D eigenvalue weighted by Gasteiger charge is 2.67. The van der Waals surface area contributed by atoms with Crippen LogP contribution in [0.25, 0.3) is 0 Å². The number of fused-ring (bicyclic) bond motifs is 1. The lowest BCUT2D eigenvalue weighted by Crippen LogP contribution is -2.48. The highest BCUT2D eigenvalue weighted by atomic mass is 32.2. The lowest BCUT2D eigenvalue weighted by atomic mass is 10.0. The van der Waals surface area contributed by atoms with Crippen LogP contribution in [0.4, 0.5) is 4.79 Å². The number of nitrogens with zero attached hydrogens (tertiary/aromatic N) is 1. The first kappa shape index (κ1) is 23.6. The number of carbonyl (C=O) groups excluding carboxylic acids is 1. The number of piperidine rings is 1. The highest BCUT2D eigenvalue weighted by Crippen LogP contribution is 2.60. The maximum Gasteiger partial charge on any atom is 0.410 e. The molecule has 1 amide bonds. The Hall–Kier alpha value is -0.643. The Labute approximate surface area is 171 Å². The van der Waals surface area contributed by atoms with Crippen molar-refractivity contribution in [3.05, 3.63) is 0 Å². The minimum absolute atomic E-state index is 0.0582. The second-order valence-corrected chi connectivity index (χ2v) is 17.3. The third-order valence-corrected chi connectivity index (χ3v) is 11.2. The van der Waals surface area contributed by atoms with Gasteiger partial charge < -0.3 is 9.16 Å². The average Bonchev–Trinajstić information content (AvgIpc) is 3.05. The molecule has 1 saturated heterocycles. The number of rotatable bonds is 6. The molecule has 2 rings (SSSR count). The van der Waals surface area contributed by atoms with Crippen molar-refractivity contribution in [2.75, 3.05) is 19.5 Å². The van der Waals surface area contributed by atoms with Gasteiger partial charge >= 0.3 is 6.09 Å². The van der Waals surface area contributed by atoms with Gasteiger partial charge in [0.1, 0.15) is 5.60 Å². The fourth-order valence-corrected chi connectivity index (χ4v) is 4.94. The molecule has 164 valence electrons. The summed E-state index contributed by atoms with van der Waals surface area (Å²) in [6, 6.07) is -0.192. The predicted molar refractivity (Wildman–Crippen MR) is 111 cm³/mol. The quantitative estimate of drug-likeness (QED) is 0.467. The Morgan fingerprint density at radius 1 is 1.14 bits per heavy atom. The lowest BCUT2D eigenvalue weighted by molar-refractivity contribution is 0.0133. The number of ether oxygens (including phenoxy) is 1. The van der Waals surface area contributed by atoms with Gasteiger partial charge in [-0.05, 0) is 51.7 Å². The molecule has 1 heterocycles. The van der Waals surface area contributed by atoms with E-state index in [2.05, 4.69) is 33.9 Å². The van der Waals surface area contributed by atoms with E-state index < -0.39 is 24.0 Å². The molecule has 3 atom stereocenters. The van der Waals surface area contributed by atoms with Crippen LogP contribution in [0, 0.1) is 5.41 Å². The van der Waals surface area contributed by atoms with Gasteiger partial charge in [-0.1, -0.05) is 20.8 Å². The number of hydrogen-bond acceptors (Lipinski definition) is 6. The number of likely N-dealkylation sites (tertiary alicyclic amines) is 1. The van der Waals surface area contributed by atoms with Crippen molar-refractivity contribution in [1.29, 1.82) is 0 Å². The number of hydrogen-bond donors (Lipinski definition) is 0. The van der Waals surface area contributed by atoms with Gasteiger partial charge in [-0.25, -0.2) is 4.79 Å². The average molecular weight is 436 g/mol. The Balaban J connectivity index is 2.15. The first-order chi connectivity index (χ1) is 12.4. The first-order valence-electron chi connectivity index (χ1n) is 9.87. The molecule has 0 aromatic carbocycles. The van der Waals surface area contributed by atoms with E-state index in [0.29, 0.717) is 13.0 Å². The molecule has 28 heavy (non-hydrogen) atoms. The van der Waals surface area contributed by atoms with E-state index >= 15 is 0 Å². The van der Waals surface area contributed by atoms with Crippen LogP contribution < -0.4 is 0 Å². The molecular weight excluding hydrogens is 398 g/mol. The summed E-state index contributed by atoms with van der Waals surface area (Å²) in [5.41, 5.74) is -0.910. The van der Waals surface area contributed by atoms with Crippen molar-refractivity contribution in [3.8, 4) is 0 Å². The number of amides is 1. The fourth-order valence-electron chi connectivity index (χ4n) is 3.45. The topological polar surface area (TPSA) is 82.1 Å². The molecule has 0 aromatic heterocycles. The van der Waals surface area contributed by atoms with Crippen LogP contribution in [0.15, 0.2) is 0 Å². The van der Waals surface area contributed by atoms with Crippen LogP contribution in [0.2, 0.25) is 18.1 Å². The van der Waals surface area contributed by atoms with Crippen LogP contribution in [0.5, 0.6) is 0 Å². The Kier molecular flexibility index (Phi) is 6.12. The normalized spacial score (nSPS) is 28.2. The standard InChI is InChI=1S/C19H37NO6SSi/c1-17(2,3)26-16(21)20-14(12-25-28(8,9)18(4,5)6)10-19(11-15(19)20)13-24-27(7,22)23/h14-15H,10-13H2,1-9H3. The predicted octanol–water partition coefficient (Wildman–Crippen LogP) is 3.75. The van der Waals surface area contributed by atoms with Gasteiger partial charge in [0.2, 0.25) is 0 Å². The van der Waals surface area contributed by atoms with E-state index in [-0.39, 0.29) is 35.2 Å². The monoisotopic (exact) mass is 435 g/mol. The van der Waals surface area contributed by atoms with Crippen molar-refractivity contribution in [2.24, 2.45) is 5.41 Å². The minimum atomic E-state index is -3.52. The van der Waals surface area contributed by atoms with E-state index in [0.717, 1.165) is 12.7 Å². The van der Waals surface area contributed by atoms with Crippen molar-refractivity contribution in [1.82, 2.24) is 4.90 Å². The summed E-state index contributed by atoms with van der Waals surface area (Å²) in [6.45, 7) is 17.0. The molecule has 0 radical (unpaired) electrons. The summed E-state index contributed by atoms with van der Waals surface area (Å²) in [7, 11) is -5.49. The highest BCUT2D eigenvalue weighted by molar-refractivity contribution is 7.85. The fraction of sp³-hybridized carbons (Fsp3) is 0.947. The molecule has 0 N–H and O–H groups in total. The van der Waals surface area contributed by atoms with Crippen molar-refractivity contribution in [3.63, 3.8) is 0 Å². The van der Waals surface area contributed by atoms with E-state index in [9.17, 15) is 13.2 Å². The SMILES string of the molecule is CC(C)(C)OC(=O)N1C(CO[Si](C)(C)C(C)(C)C)CC2(COS(C)(=O)=O)CC12. The zero-order valence-corrected chi connectivity index (χ0v) is 20.6. The summed E-state index contributed by atoms with van der Waals surface area (Å²) in [6.07, 6.45) is 2.10. The van der Waals surface area contributed by atoms with Crippen LogP contribution in [0.1, 0.15) is 54.4 Å².